The number of carbonyl (C=O) groups excluding carboxylic acids is 1. The molecule has 0 aliphatic carbocycles. The highest BCUT2D eigenvalue weighted by atomic mass is 16.5. The lowest BCUT2D eigenvalue weighted by atomic mass is 9.98. The number of nitrogens with zero attached hydrogens (tertiary/aromatic N) is 1. The van der Waals surface area contributed by atoms with Gasteiger partial charge in [0.25, 0.3) is 0 Å². The van der Waals surface area contributed by atoms with Crippen molar-refractivity contribution in [3.63, 3.8) is 0 Å². The summed E-state index contributed by atoms with van der Waals surface area (Å²) in [6.07, 6.45) is 0.951. The van der Waals surface area contributed by atoms with Crippen molar-refractivity contribution in [2.75, 3.05) is 26.2 Å². The number of carbonyl (C=O) groups is 1. The molecule has 1 aliphatic heterocycles. The first-order chi connectivity index (χ1) is 10.1. The summed E-state index contributed by atoms with van der Waals surface area (Å²) >= 11 is 0. The van der Waals surface area contributed by atoms with Crippen molar-refractivity contribution >= 4 is 5.97 Å². The second kappa shape index (κ2) is 7.38. The molecule has 1 heterocycles. The monoisotopic (exact) mass is 288 g/mol. The lowest BCUT2D eigenvalue weighted by molar-refractivity contribution is -0.131. The summed E-state index contributed by atoms with van der Waals surface area (Å²) in [5.74, 6) is 0.309. The smallest absolute Gasteiger partial charge is 0.308 e. The van der Waals surface area contributed by atoms with E-state index in [4.69, 9.17) is 4.74 Å². The fraction of sp³-hybridized carbons (Fsp3) is 0.471. The van der Waals surface area contributed by atoms with Gasteiger partial charge >= 0.3 is 5.97 Å². The molecule has 0 spiro atoms. The molecule has 1 aliphatic rings. The van der Waals surface area contributed by atoms with Crippen molar-refractivity contribution in [2.45, 2.75) is 26.3 Å². The number of piperazine rings is 1. The van der Waals surface area contributed by atoms with Crippen molar-refractivity contribution in [2.24, 2.45) is 0 Å². The van der Waals surface area contributed by atoms with Gasteiger partial charge in [0.1, 0.15) is 5.75 Å². The number of hydrogen-bond acceptors (Lipinski definition) is 4. The Labute approximate surface area is 126 Å². The lowest BCUT2D eigenvalue weighted by Crippen LogP contribution is -2.45. The van der Waals surface area contributed by atoms with E-state index in [0.29, 0.717) is 11.8 Å². The third-order valence-electron chi connectivity index (χ3n) is 3.66. The first-order valence-electron chi connectivity index (χ1n) is 7.44. The molecule has 2 rings (SSSR count). The molecular formula is C17H24N2O2. The van der Waals surface area contributed by atoms with Gasteiger partial charge in [-0.15, -0.1) is 6.58 Å². The minimum absolute atomic E-state index is 0.289. The minimum Gasteiger partial charge on any atom is -0.427 e. The molecule has 1 aromatic rings. The average Bonchev–Trinajstić information content (AvgIpc) is 2.46. The zero-order chi connectivity index (χ0) is 15.2. The molecule has 4 nitrogen and oxygen atoms in total. The fourth-order valence-electron chi connectivity index (χ4n) is 2.71. The minimum atomic E-state index is -0.289. The van der Waals surface area contributed by atoms with Gasteiger partial charge in [0.2, 0.25) is 0 Å². The van der Waals surface area contributed by atoms with Crippen molar-refractivity contribution in [1.82, 2.24) is 10.2 Å². The maximum atomic E-state index is 11.0. The molecule has 114 valence electrons. The summed E-state index contributed by atoms with van der Waals surface area (Å²) in [6, 6.07) is 8.17. The Morgan fingerprint density at radius 3 is 2.43 bits per heavy atom. The molecule has 0 unspecified atom stereocenters. The number of esters is 1. The Balaban J connectivity index is 2.15. The third-order valence-corrected chi connectivity index (χ3v) is 3.66. The van der Waals surface area contributed by atoms with E-state index in [-0.39, 0.29) is 5.97 Å². The second-order valence-electron chi connectivity index (χ2n) is 5.63. The van der Waals surface area contributed by atoms with E-state index in [9.17, 15) is 4.79 Å². The van der Waals surface area contributed by atoms with E-state index in [2.05, 4.69) is 23.7 Å². The van der Waals surface area contributed by atoms with Gasteiger partial charge in [0.15, 0.2) is 0 Å². The SMILES string of the molecule is C=C(C)C[C@@H](c1ccc(OC(C)=O)cc1)N1CCNCC1. The standard InChI is InChI=1S/C17H24N2O2/c1-13(2)12-17(19-10-8-18-9-11-19)15-4-6-16(7-5-15)21-14(3)20/h4-7,17-18H,1,8-12H2,2-3H3/t17-/m0/s1. The number of ether oxygens (including phenoxy) is 1. The van der Waals surface area contributed by atoms with Crippen LogP contribution >= 0.6 is 0 Å². The Morgan fingerprint density at radius 1 is 1.29 bits per heavy atom. The number of benzene rings is 1. The van der Waals surface area contributed by atoms with Crippen LogP contribution in [0.2, 0.25) is 0 Å². The van der Waals surface area contributed by atoms with Crippen LogP contribution in [0.15, 0.2) is 36.4 Å². The summed E-state index contributed by atoms with van der Waals surface area (Å²) in [6.45, 7) is 11.7. The molecule has 21 heavy (non-hydrogen) atoms. The summed E-state index contributed by atoms with van der Waals surface area (Å²) in [4.78, 5) is 13.5. The molecular weight excluding hydrogens is 264 g/mol. The second-order valence-corrected chi connectivity index (χ2v) is 5.63. The van der Waals surface area contributed by atoms with Gasteiger partial charge in [-0.3, -0.25) is 9.69 Å². The molecule has 0 amide bonds. The third kappa shape index (κ3) is 4.69. The maximum Gasteiger partial charge on any atom is 0.308 e. The van der Waals surface area contributed by atoms with Gasteiger partial charge in [-0.25, -0.2) is 0 Å². The maximum absolute atomic E-state index is 11.0. The quantitative estimate of drug-likeness (QED) is 0.513. The van der Waals surface area contributed by atoms with Gasteiger partial charge in [0.05, 0.1) is 0 Å². The number of hydrogen-bond donors (Lipinski definition) is 1. The molecule has 1 atom stereocenters. The lowest BCUT2D eigenvalue weighted by Gasteiger charge is -2.35. The normalized spacial score (nSPS) is 17.2. The van der Waals surface area contributed by atoms with Crippen LogP contribution in [-0.2, 0) is 4.79 Å². The number of nitrogens with one attached hydrogen (secondary N) is 1. The van der Waals surface area contributed by atoms with Gasteiger partial charge in [-0.05, 0) is 31.0 Å². The van der Waals surface area contributed by atoms with Crippen molar-refractivity contribution in [3.8, 4) is 5.75 Å². The van der Waals surface area contributed by atoms with E-state index in [1.807, 2.05) is 24.3 Å². The molecule has 1 fully saturated rings. The Bertz CT molecular complexity index is 490. The Kier molecular flexibility index (Phi) is 5.53. The highest BCUT2D eigenvalue weighted by Gasteiger charge is 2.22. The van der Waals surface area contributed by atoms with Crippen LogP contribution in [0.5, 0.6) is 5.75 Å². The van der Waals surface area contributed by atoms with Gasteiger partial charge in [-0.1, -0.05) is 17.7 Å². The molecule has 4 heteroatoms. The molecule has 1 saturated heterocycles. The number of rotatable bonds is 5. The average molecular weight is 288 g/mol. The van der Waals surface area contributed by atoms with Crippen molar-refractivity contribution < 1.29 is 9.53 Å². The van der Waals surface area contributed by atoms with Crippen molar-refractivity contribution in [3.05, 3.63) is 42.0 Å². The predicted molar refractivity (Wildman–Crippen MR) is 84.4 cm³/mol. The summed E-state index contributed by atoms with van der Waals surface area (Å²) in [5, 5.41) is 3.38. The van der Waals surface area contributed by atoms with E-state index in [0.717, 1.165) is 32.6 Å². The topological polar surface area (TPSA) is 41.6 Å². The van der Waals surface area contributed by atoms with E-state index < -0.39 is 0 Å². The largest absolute Gasteiger partial charge is 0.427 e. The Morgan fingerprint density at radius 2 is 1.90 bits per heavy atom. The molecule has 1 N–H and O–H groups in total. The van der Waals surface area contributed by atoms with Crippen LogP contribution < -0.4 is 10.1 Å². The Hall–Kier alpha value is -1.65. The highest BCUT2D eigenvalue weighted by Crippen LogP contribution is 2.28. The summed E-state index contributed by atoms with van der Waals surface area (Å²) < 4.78 is 5.10. The first-order valence-corrected chi connectivity index (χ1v) is 7.44. The van der Waals surface area contributed by atoms with Crippen LogP contribution in [0.25, 0.3) is 0 Å². The van der Waals surface area contributed by atoms with E-state index in [1.165, 1.54) is 18.1 Å². The summed E-state index contributed by atoms with van der Waals surface area (Å²) in [5.41, 5.74) is 2.43. The van der Waals surface area contributed by atoms with Crippen LogP contribution in [-0.4, -0.2) is 37.0 Å². The molecule has 0 bridgehead atoms. The first kappa shape index (κ1) is 15.7. The van der Waals surface area contributed by atoms with Crippen LogP contribution in [0.3, 0.4) is 0 Å². The van der Waals surface area contributed by atoms with Gasteiger partial charge in [0, 0.05) is 39.1 Å². The van der Waals surface area contributed by atoms with Crippen LogP contribution in [0, 0.1) is 0 Å². The molecule has 1 aromatic carbocycles. The van der Waals surface area contributed by atoms with Crippen LogP contribution in [0.4, 0.5) is 0 Å². The zero-order valence-electron chi connectivity index (χ0n) is 12.9. The molecule has 0 radical (unpaired) electrons. The molecule has 0 saturated carbocycles. The van der Waals surface area contributed by atoms with Crippen molar-refractivity contribution in [1.29, 1.82) is 0 Å². The molecule has 0 aromatic heterocycles. The van der Waals surface area contributed by atoms with Crippen LogP contribution in [0.1, 0.15) is 31.9 Å². The van der Waals surface area contributed by atoms with E-state index >= 15 is 0 Å². The van der Waals surface area contributed by atoms with E-state index in [1.54, 1.807) is 0 Å². The summed E-state index contributed by atoms with van der Waals surface area (Å²) in [7, 11) is 0. The van der Waals surface area contributed by atoms with Gasteiger partial charge in [-0.2, -0.15) is 0 Å². The zero-order valence-corrected chi connectivity index (χ0v) is 12.9. The fourth-order valence-corrected chi connectivity index (χ4v) is 2.71. The highest BCUT2D eigenvalue weighted by molar-refractivity contribution is 5.69. The predicted octanol–water partition coefficient (Wildman–Crippen LogP) is 2.52. The van der Waals surface area contributed by atoms with Gasteiger partial charge < -0.3 is 10.1 Å².